The van der Waals surface area contributed by atoms with Crippen LogP contribution < -0.4 is 5.32 Å². The second kappa shape index (κ2) is 9.86. The molecule has 0 unspecified atom stereocenters. The van der Waals surface area contributed by atoms with Crippen LogP contribution in [0.15, 0.2) is 0 Å². The molecule has 0 aromatic carbocycles. The third-order valence-electron chi connectivity index (χ3n) is 3.47. The van der Waals surface area contributed by atoms with Gasteiger partial charge in [-0.1, -0.05) is 19.8 Å². The van der Waals surface area contributed by atoms with Crippen LogP contribution >= 0.6 is 0 Å². The van der Waals surface area contributed by atoms with Crippen LogP contribution in [0.4, 0.5) is 0 Å². The summed E-state index contributed by atoms with van der Waals surface area (Å²) in [5, 5.41) is 3.57. The molecule has 0 amide bonds. The first-order chi connectivity index (χ1) is 8.36. The normalized spacial score (nSPS) is 15.7. The molecule has 1 aliphatic carbocycles. The molecule has 0 spiro atoms. The van der Waals surface area contributed by atoms with Gasteiger partial charge in [-0.2, -0.15) is 0 Å². The molecule has 1 fully saturated rings. The Labute approximate surface area is 107 Å². The highest BCUT2D eigenvalue weighted by atomic mass is 16.5. The van der Waals surface area contributed by atoms with Crippen LogP contribution in [0.3, 0.4) is 0 Å². The molecule has 0 aromatic rings. The first-order valence-corrected chi connectivity index (χ1v) is 7.31. The van der Waals surface area contributed by atoms with Crippen molar-refractivity contribution in [1.29, 1.82) is 0 Å². The van der Waals surface area contributed by atoms with Crippen molar-refractivity contribution in [2.45, 2.75) is 51.5 Å². The molecule has 17 heavy (non-hydrogen) atoms. The molecule has 0 aromatic heterocycles. The summed E-state index contributed by atoms with van der Waals surface area (Å²) in [5.74, 6) is 0. The molecule has 0 aliphatic heterocycles. The van der Waals surface area contributed by atoms with E-state index in [2.05, 4.69) is 17.1 Å². The van der Waals surface area contributed by atoms with E-state index in [-0.39, 0.29) is 0 Å². The SMILES string of the molecule is CCN(CCCCCCNC1CC1)CCOC. The number of methoxy groups -OCH3 is 1. The average Bonchev–Trinajstić information content (AvgIpc) is 3.16. The van der Waals surface area contributed by atoms with E-state index in [4.69, 9.17) is 4.74 Å². The first-order valence-electron chi connectivity index (χ1n) is 7.31. The number of hydrogen-bond acceptors (Lipinski definition) is 3. The molecule has 3 nitrogen and oxygen atoms in total. The number of rotatable bonds is 12. The highest BCUT2D eigenvalue weighted by Gasteiger charge is 2.19. The van der Waals surface area contributed by atoms with Gasteiger partial charge in [0.05, 0.1) is 6.61 Å². The van der Waals surface area contributed by atoms with Crippen LogP contribution in [0.25, 0.3) is 0 Å². The second-order valence-corrected chi connectivity index (χ2v) is 5.07. The van der Waals surface area contributed by atoms with Gasteiger partial charge in [-0.25, -0.2) is 0 Å². The molecule has 102 valence electrons. The predicted molar refractivity (Wildman–Crippen MR) is 73.5 cm³/mol. The van der Waals surface area contributed by atoms with Crippen molar-refractivity contribution in [2.24, 2.45) is 0 Å². The molecule has 0 saturated heterocycles. The number of hydrogen-bond donors (Lipinski definition) is 1. The van der Waals surface area contributed by atoms with Gasteiger partial charge in [-0.15, -0.1) is 0 Å². The van der Waals surface area contributed by atoms with E-state index in [1.807, 2.05) is 0 Å². The van der Waals surface area contributed by atoms with Gasteiger partial charge >= 0.3 is 0 Å². The fraction of sp³-hybridized carbons (Fsp3) is 1.00. The first kappa shape index (κ1) is 14.9. The van der Waals surface area contributed by atoms with Crippen molar-refractivity contribution in [1.82, 2.24) is 10.2 Å². The Bertz CT molecular complexity index is 172. The lowest BCUT2D eigenvalue weighted by Crippen LogP contribution is -2.28. The van der Waals surface area contributed by atoms with Crippen LogP contribution in [0.5, 0.6) is 0 Å². The van der Waals surface area contributed by atoms with E-state index in [1.54, 1.807) is 7.11 Å². The smallest absolute Gasteiger partial charge is 0.0589 e. The Hall–Kier alpha value is -0.120. The standard InChI is InChI=1S/C14H30N2O/c1-3-16(12-13-17-2)11-7-5-4-6-10-15-14-8-9-14/h14-15H,3-13H2,1-2H3. The molecule has 1 N–H and O–H groups in total. The minimum absolute atomic E-state index is 0.860. The molecule has 3 heteroatoms. The number of likely N-dealkylation sites (N-methyl/N-ethyl adjacent to an activating group) is 1. The summed E-state index contributed by atoms with van der Waals surface area (Å²) in [6.45, 7) is 7.78. The molecule has 0 bridgehead atoms. The lowest BCUT2D eigenvalue weighted by Gasteiger charge is -2.19. The van der Waals surface area contributed by atoms with Crippen LogP contribution in [-0.2, 0) is 4.74 Å². The molecule has 1 rings (SSSR count). The van der Waals surface area contributed by atoms with E-state index in [0.29, 0.717) is 0 Å². The maximum Gasteiger partial charge on any atom is 0.0589 e. The number of nitrogens with one attached hydrogen (secondary N) is 1. The van der Waals surface area contributed by atoms with Crippen molar-refractivity contribution in [3.63, 3.8) is 0 Å². The quantitative estimate of drug-likeness (QED) is 0.531. The maximum absolute atomic E-state index is 5.11. The lowest BCUT2D eigenvalue weighted by molar-refractivity contribution is 0.149. The second-order valence-electron chi connectivity index (χ2n) is 5.07. The van der Waals surface area contributed by atoms with Gasteiger partial charge in [0.1, 0.15) is 0 Å². The van der Waals surface area contributed by atoms with Crippen LogP contribution in [0, 0.1) is 0 Å². The van der Waals surface area contributed by atoms with Crippen molar-refractivity contribution in [2.75, 3.05) is 39.9 Å². The molecular formula is C14H30N2O. The Kier molecular flexibility index (Phi) is 8.67. The molecular weight excluding hydrogens is 212 g/mol. The van der Waals surface area contributed by atoms with Gasteiger partial charge in [0.25, 0.3) is 0 Å². The van der Waals surface area contributed by atoms with Gasteiger partial charge in [-0.05, 0) is 45.3 Å². The number of ether oxygens (including phenoxy) is 1. The third kappa shape index (κ3) is 8.58. The molecule has 1 aliphatic rings. The van der Waals surface area contributed by atoms with E-state index < -0.39 is 0 Å². The topological polar surface area (TPSA) is 24.5 Å². The van der Waals surface area contributed by atoms with Gasteiger partial charge in [-0.3, -0.25) is 0 Å². The zero-order valence-electron chi connectivity index (χ0n) is 11.7. The summed E-state index contributed by atoms with van der Waals surface area (Å²) in [4.78, 5) is 2.48. The van der Waals surface area contributed by atoms with E-state index >= 15 is 0 Å². The zero-order valence-corrected chi connectivity index (χ0v) is 11.7. The molecule has 0 atom stereocenters. The number of nitrogens with zero attached hydrogens (tertiary/aromatic N) is 1. The third-order valence-corrected chi connectivity index (χ3v) is 3.47. The summed E-state index contributed by atoms with van der Waals surface area (Å²) in [6.07, 6.45) is 8.25. The monoisotopic (exact) mass is 242 g/mol. The maximum atomic E-state index is 5.11. The van der Waals surface area contributed by atoms with Crippen molar-refractivity contribution in [3.8, 4) is 0 Å². The van der Waals surface area contributed by atoms with E-state index in [0.717, 1.165) is 25.7 Å². The minimum Gasteiger partial charge on any atom is -0.383 e. The van der Waals surface area contributed by atoms with E-state index in [9.17, 15) is 0 Å². The largest absolute Gasteiger partial charge is 0.383 e. The highest BCUT2D eigenvalue weighted by Crippen LogP contribution is 2.18. The van der Waals surface area contributed by atoms with Gasteiger partial charge in [0, 0.05) is 19.7 Å². The van der Waals surface area contributed by atoms with Gasteiger partial charge < -0.3 is 15.0 Å². The van der Waals surface area contributed by atoms with Crippen molar-refractivity contribution in [3.05, 3.63) is 0 Å². The summed E-state index contributed by atoms with van der Waals surface area (Å²) in [6, 6.07) is 0.875. The number of unbranched alkanes of at least 4 members (excludes halogenated alkanes) is 3. The van der Waals surface area contributed by atoms with Crippen LogP contribution in [0.1, 0.15) is 45.4 Å². The lowest BCUT2D eigenvalue weighted by atomic mass is 10.2. The summed E-state index contributed by atoms with van der Waals surface area (Å²) in [7, 11) is 1.78. The molecule has 1 saturated carbocycles. The summed E-state index contributed by atoms with van der Waals surface area (Å²) < 4.78 is 5.11. The van der Waals surface area contributed by atoms with Crippen LogP contribution in [0.2, 0.25) is 0 Å². The minimum atomic E-state index is 0.860. The average molecular weight is 242 g/mol. The van der Waals surface area contributed by atoms with Gasteiger partial charge in [0.15, 0.2) is 0 Å². The Balaban J connectivity index is 1.80. The highest BCUT2D eigenvalue weighted by molar-refractivity contribution is 4.80. The van der Waals surface area contributed by atoms with Gasteiger partial charge in [0.2, 0.25) is 0 Å². The Morgan fingerprint density at radius 3 is 2.53 bits per heavy atom. The molecule has 0 radical (unpaired) electrons. The van der Waals surface area contributed by atoms with E-state index in [1.165, 1.54) is 51.6 Å². The Morgan fingerprint density at radius 2 is 1.88 bits per heavy atom. The molecule has 0 heterocycles. The van der Waals surface area contributed by atoms with Crippen molar-refractivity contribution >= 4 is 0 Å². The Morgan fingerprint density at radius 1 is 1.12 bits per heavy atom. The van der Waals surface area contributed by atoms with Crippen molar-refractivity contribution < 1.29 is 4.74 Å². The predicted octanol–water partition coefficient (Wildman–Crippen LogP) is 2.27. The fourth-order valence-corrected chi connectivity index (χ4v) is 2.06. The summed E-state index contributed by atoms with van der Waals surface area (Å²) >= 11 is 0. The fourth-order valence-electron chi connectivity index (χ4n) is 2.06. The zero-order chi connectivity index (χ0) is 12.3. The van der Waals surface area contributed by atoms with Crippen LogP contribution in [-0.4, -0.2) is 50.8 Å². The summed E-state index contributed by atoms with van der Waals surface area (Å²) in [5.41, 5.74) is 0.